The summed E-state index contributed by atoms with van der Waals surface area (Å²) in [5.41, 5.74) is 17.7. The standard InChI is InChI=1S/C60H40N2O/c1-4-15-41(16-5-1)43-27-29-46(30-28-43)50-37-35-48(39-54(50)45-19-8-3-9-20-45)61(47-33-31-44(32-34-47)42-17-6-2-7-18-42)49-36-38-53-59(40-49)63-58-26-14-25-57(60(53)58)62-55-23-12-10-21-51(55)52-22-11-13-24-56(52)62/h1-40H. The molecule has 0 spiro atoms. The SMILES string of the molecule is c1ccc(-c2ccc(-c3ccc(N(c4ccc(-c5ccccc5)cc4)c4ccc5c(c4)oc4cccc(-n6c7ccccc7c7ccccc76)c45)cc3-c3ccccc3)cc2)cc1. The molecule has 2 heterocycles. The minimum atomic E-state index is 0.833. The van der Waals surface area contributed by atoms with Crippen molar-refractivity contribution in [3.8, 4) is 50.2 Å². The summed E-state index contributed by atoms with van der Waals surface area (Å²) in [4.78, 5) is 2.35. The lowest BCUT2D eigenvalue weighted by Crippen LogP contribution is -2.10. The molecule has 3 heteroatoms. The molecule has 12 aromatic rings. The van der Waals surface area contributed by atoms with Crippen LogP contribution in [0.3, 0.4) is 0 Å². The summed E-state index contributed by atoms with van der Waals surface area (Å²) >= 11 is 0. The zero-order valence-corrected chi connectivity index (χ0v) is 34.4. The zero-order chi connectivity index (χ0) is 41.7. The van der Waals surface area contributed by atoms with Crippen molar-refractivity contribution in [1.29, 1.82) is 0 Å². The number of hydrogen-bond acceptors (Lipinski definition) is 2. The fraction of sp³-hybridized carbons (Fsp3) is 0. The van der Waals surface area contributed by atoms with Crippen molar-refractivity contribution >= 4 is 60.8 Å². The van der Waals surface area contributed by atoms with E-state index in [0.717, 1.165) is 55.8 Å². The van der Waals surface area contributed by atoms with E-state index in [2.05, 4.69) is 252 Å². The summed E-state index contributed by atoms with van der Waals surface area (Å²) in [7, 11) is 0. The van der Waals surface area contributed by atoms with Crippen molar-refractivity contribution in [2.45, 2.75) is 0 Å². The quantitative estimate of drug-likeness (QED) is 0.153. The number of hydrogen-bond donors (Lipinski definition) is 0. The number of furan rings is 1. The van der Waals surface area contributed by atoms with E-state index in [1.54, 1.807) is 0 Å². The lowest BCUT2D eigenvalue weighted by atomic mass is 9.92. The highest BCUT2D eigenvalue weighted by molar-refractivity contribution is 6.14. The van der Waals surface area contributed by atoms with Gasteiger partial charge in [-0.3, -0.25) is 0 Å². The lowest BCUT2D eigenvalue weighted by molar-refractivity contribution is 0.669. The molecule has 0 saturated carbocycles. The molecule has 0 aliphatic heterocycles. The Morgan fingerprint density at radius 1 is 0.302 bits per heavy atom. The molecule has 296 valence electrons. The zero-order valence-electron chi connectivity index (χ0n) is 34.4. The van der Waals surface area contributed by atoms with E-state index in [1.165, 1.54) is 55.2 Å². The molecule has 0 saturated heterocycles. The first-order valence-corrected chi connectivity index (χ1v) is 21.5. The first-order chi connectivity index (χ1) is 31.2. The van der Waals surface area contributed by atoms with Gasteiger partial charge in [0.2, 0.25) is 0 Å². The molecule has 0 atom stereocenters. The van der Waals surface area contributed by atoms with Crippen LogP contribution in [0, 0.1) is 0 Å². The third-order valence-electron chi connectivity index (χ3n) is 12.4. The Hall–Kier alpha value is -8.40. The van der Waals surface area contributed by atoms with E-state index in [4.69, 9.17) is 4.42 Å². The smallest absolute Gasteiger partial charge is 0.137 e. The highest BCUT2D eigenvalue weighted by Gasteiger charge is 2.21. The first-order valence-electron chi connectivity index (χ1n) is 21.5. The van der Waals surface area contributed by atoms with Gasteiger partial charge in [0, 0.05) is 39.3 Å². The van der Waals surface area contributed by atoms with Gasteiger partial charge in [0.05, 0.1) is 22.1 Å². The maximum Gasteiger partial charge on any atom is 0.137 e. The number of rotatable bonds is 8. The van der Waals surface area contributed by atoms with Crippen LogP contribution < -0.4 is 4.90 Å². The second kappa shape index (κ2) is 15.3. The van der Waals surface area contributed by atoms with Crippen molar-refractivity contribution in [3.63, 3.8) is 0 Å². The van der Waals surface area contributed by atoms with Crippen LogP contribution in [0.2, 0.25) is 0 Å². The van der Waals surface area contributed by atoms with Gasteiger partial charge < -0.3 is 13.9 Å². The van der Waals surface area contributed by atoms with Gasteiger partial charge in [-0.15, -0.1) is 0 Å². The van der Waals surface area contributed by atoms with Gasteiger partial charge in [-0.1, -0.05) is 176 Å². The number of benzene rings is 10. The summed E-state index contributed by atoms with van der Waals surface area (Å²) in [6, 6.07) is 87.0. The number of anilines is 3. The normalized spacial score (nSPS) is 11.5. The number of fused-ring (bicyclic) bond motifs is 6. The molecule has 63 heavy (non-hydrogen) atoms. The van der Waals surface area contributed by atoms with Crippen molar-refractivity contribution in [3.05, 3.63) is 243 Å². The van der Waals surface area contributed by atoms with Crippen LogP contribution in [0.15, 0.2) is 247 Å². The van der Waals surface area contributed by atoms with Crippen LogP contribution in [-0.2, 0) is 0 Å². The summed E-state index contributed by atoms with van der Waals surface area (Å²) in [5.74, 6) is 0. The van der Waals surface area contributed by atoms with Crippen LogP contribution >= 0.6 is 0 Å². The van der Waals surface area contributed by atoms with Gasteiger partial charge >= 0.3 is 0 Å². The Morgan fingerprint density at radius 3 is 1.41 bits per heavy atom. The van der Waals surface area contributed by atoms with Gasteiger partial charge in [0.25, 0.3) is 0 Å². The maximum absolute atomic E-state index is 6.83. The van der Waals surface area contributed by atoms with Crippen LogP contribution in [-0.4, -0.2) is 4.57 Å². The fourth-order valence-electron chi connectivity index (χ4n) is 9.44. The van der Waals surface area contributed by atoms with Gasteiger partial charge in [0.1, 0.15) is 11.2 Å². The topological polar surface area (TPSA) is 21.3 Å². The monoisotopic (exact) mass is 804 g/mol. The number of para-hydroxylation sites is 2. The highest BCUT2D eigenvalue weighted by atomic mass is 16.3. The van der Waals surface area contributed by atoms with E-state index >= 15 is 0 Å². The summed E-state index contributed by atoms with van der Waals surface area (Å²) in [5, 5.41) is 4.64. The van der Waals surface area contributed by atoms with E-state index in [0.29, 0.717) is 0 Å². The van der Waals surface area contributed by atoms with E-state index in [9.17, 15) is 0 Å². The number of nitrogens with zero attached hydrogens (tertiary/aromatic N) is 2. The minimum Gasteiger partial charge on any atom is -0.456 e. The minimum absolute atomic E-state index is 0.833. The molecule has 0 aliphatic rings. The molecule has 0 aliphatic carbocycles. The molecular formula is C60H40N2O. The van der Waals surface area contributed by atoms with Crippen molar-refractivity contribution in [2.75, 3.05) is 4.90 Å². The summed E-state index contributed by atoms with van der Waals surface area (Å²) in [6.07, 6.45) is 0. The molecule has 10 aromatic carbocycles. The second-order valence-corrected chi connectivity index (χ2v) is 16.1. The Labute approximate surface area is 366 Å². The molecule has 0 bridgehead atoms. The van der Waals surface area contributed by atoms with Crippen LogP contribution in [0.1, 0.15) is 0 Å². The van der Waals surface area contributed by atoms with Gasteiger partial charge in [0.15, 0.2) is 0 Å². The fourth-order valence-corrected chi connectivity index (χ4v) is 9.44. The third kappa shape index (κ3) is 6.38. The average molecular weight is 805 g/mol. The van der Waals surface area contributed by atoms with Gasteiger partial charge in [-0.25, -0.2) is 0 Å². The van der Waals surface area contributed by atoms with Gasteiger partial charge in [-0.2, -0.15) is 0 Å². The van der Waals surface area contributed by atoms with Crippen LogP contribution in [0.25, 0.3) is 93.9 Å². The van der Waals surface area contributed by atoms with Crippen molar-refractivity contribution in [1.82, 2.24) is 4.57 Å². The van der Waals surface area contributed by atoms with Gasteiger partial charge in [-0.05, 0) is 105 Å². The Bertz CT molecular complexity index is 3530. The maximum atomic E-state index is 6.83. The lowest BCUT2D eigenvalue weighted by Gasteiger charge is -2.27. The Kier molecular flexibility index (Phi) is 8.83. The summed E-state index contributed by atoms with van der Waals surface area (Å²) in [6.45, 7) is 0. The largest absolute Gasteiger partial charge is 0.456 e. The Morgan fingerprint density at radius 2 is 0.778 bits per heavy atom. The van der Waals surface area contributed by atoms with Crippen LogP contribution in [0.4, 0.5) is 17.1 Å². The average Bonchev–Trinajstić information content (AvgIpc) is 3.91. The van der Waals surface area contributed by atoms with Crippen molar-refractivity contribution in [2.24, 2.45) is 0 Å². The molecule has 0 amide bonds. The molecule has 12 rings (SSSR count). The number of aromatic nitrogens is 1. The molecule has 0 N–H and O–H groups in total. The highest BCUT2D eigenvalue weighted by Crippen LogP contribution is 2.44. The molecule has 3 nitrogen and oxygen atoms in total. The molecule has 0 unspecified atom stereocenters. The summed E-state index contributed by atoms with van der Waals surface area (Å²) < 4.78 is 9.21. The molecule has 0 radical (unpaired) electrons. The van der Waals surface area contributed by atoms with Crippen LogP contribution in [0.5, 0.6) is 0 Å². The third-order valence-corrected chi connectivity index (χ3v) is 12.4. The second-order valence-electron chi connectivity index (χ2n) is 16.1. The van der Waals surface area contributed by atoms with E-state index in [1.807, 2.05) is 0 Å². The van der Waals surface area contributed by atoms with E-state index < -0.39 is 0 Å². The van der Waals surface area contributed by atoms with E-state index in [-0.39, 0.29) is 0 Å². The predicted molar refractivity (Wildman–Crippen MR) is 264 cm³/mol. The molecular weight excluding hydrogens is 765 g/mol. The Balaban J connectivity index is 1.03. The molecule has 0 fully saturated rings. The first kappa shape index (κ1) is 36.5. The molecule has 2 aromatic heterocycles. The predicted octanol–water partition coefficient (Wildman–Crippen LogP) is 16.8. The van der Waals surface area contributed by atoms with Crippen molar-refractivity contribution < 1.29 is 4.42 Å².